The van der Waals surface area contributed by atoms with Crippen molar-refractivity contribution in [3.05, 3.63) is 33.8 Å². The van der Waals surface area contributed by atoms with E-state index in [9.17, 15) is 4.79 Å². The van der Waals surface area contributed by atoms with Gasteiger partial charge in [0.15, 0.2) is 0 Å². The number of halogens is 2. The Bertz CT molecular complexity index is 497. The summed E-state index contributed by atoms with van der Waals surface area (Å²) in [6.45, 7) is 2.82. The van der Waals surface area contributed by atoms with Crippen LogP contribution < -0.4 is 10.6 Å². The molecule has 1 aliphatic rings. The average molecular weight is 331 g/mol. The standard InChI is InChI=1S/C15H20Cl2N2O2/c1-21-8-7-18-5-6-19-15(20)12-9-11(12)10-3-2-4-13(16)14(10)17/h2-4,11-12,18H,5-9H2,1H3,(H,19,20). The molecule has 0 bridgehead atoms. The summed E-state index contributed by atoms with van der Waals surface area (Å²) in [5.74, 6) is 0.294. The highest BCUT2D eigenvalue weighted by Gasteiger charge is 2.44. The lowest BCUT2D eigenvalue weighted by Gasteiger charge is -2.07. The highest BCUT2D eigenvalue weighted by Crippen LogP contribution is 2.50. The normalized spacial score (nSPS) is 20.3. The van der Waals surface area contributed by atoms with Crippen LogP contribution in [0.2, 0.25) is 10.0 Å². The minimum absolute atomic E-state index is 0.0138. The molecule has 1 aromatic carbocycles. The van der Waals surface area contributed by atoms with E-state index in [1.807, 2.05) is 12.1 Å². The van der Waals surface area contributed by atoms with Crippen molar-refractivity contribution >= 4 is 29.1 Å². The van der Waals surface area contributed by atoms with Gasteiger partial charge in [0.05, 0.1) is 16.7 Å². The Morgan fingerprint density at radius 1 is 1.33 bits per heavy atom. The molecular formula is C15H20Cl2N2O2. The fourth-order valence-corrected chi connectivity index (χ4v) is 2.79. The summed E-state index contributed by atoms with van der Waals surface area (Å²) in [7, 11) is 1.66. The zero-order valence-electron chi connectivity index (χ0n) is 12.0. The van der Waals surface area contributed by atoms with Crippen LogP contribution in [0.1, 0.15) is 17.9 Å². The minimum Gasteiger partial charge on any atom is -0.383 e. The SMILES string of the molecule is COCCNCCNC(=O)C1CC1c1cccc(Cl)c1Cl. The van der Waals surface area contributed by atoms with Crippen molar-refractivity contribution in [1.82, 2.24) is 10.6 Å². The summed E-state index contributed by atoms with van der Waals surface area (Å²) in [6.07, 6.45) is 0.836. The monoisotopic (exact) mass is 330 g/mol. The number of hydrogen-bond acceptors (Lipinski definition) is 3. The van der Waals surface area contributed by atoms with E-state index in [0.717, 1.165) is 25.1 Å². The Morgan fingerprint density at radius 3 is 2.90 bits per heavy atom. The zero-order chi connectivity index (χ0) is 15.2. The topological polar surface area (TPSA) is 50.4 Å². The van der Waals surface area contributed by atoms with Crippen LogP contribution in [-0.4, -0.2) is 39.3 Å². The summed E-state index contributed by atoms with van der Waals surface area (Å²) >= 11 is 12.2. The molecule has 2 rings (SSSR count). The molecule has 1 amide bonds. The molecule has 1 aliphatic carbocycles. The van der Waals surface area contributed by atoms with Gasteiger partial charge in [-0.25, -0.2) is 0 Å². The molecule has 116 valence electrons. The molecule has 0 spiro atoms. The quantitative estimate of drug-likeness (QED) is 0.720. The summed E-state index contributed by atoms with van der Waals surface area (Å²) < 4.78 is 4.93. The molecule has 21 heavy (non-hydrogen) atoms. The van der Waals surface area contributed by atoms with Gasteiger partial charge < -0.3 is 15.4 Å². The Hall–Kier alpha value is -0.810. The Kier molecular flexibility index (Phi) is 6.30. The fourth-order valence-electron chi connectivity index (χ4n) is 2.34. The van der Waals surface area contributed by atoms with Crippen LogP contribution in [0.3, 0.4) is 0 Å². The smallest absolute Gasteiger partial charge is 0.223 e. The van der Waals surface area contributed by atoms with Gasteiger partial charge in [0.25, 0.3) is 0 Å². The van der Waals surface area contributed by atoms with Gasteiger partial charge in [-0.3, -0.25) is 4.79 Å². The van der Waals surface area contributed by atoms with E-state index in [1.54, 1.807) is 13.2 Å². The molecule has 2 unspecified atom stereocenters. The molecule has 2 atom stereocenters. The summed E-state index contributed by atoms with van der Waals surface area (Å²) in [5, 5.41) is 7.23. The van der Waals surface area contributed by atoms with Crippen molar-refractivity contribution < 1.29 is 9.53 Å². The van der Waals surface area contributed by atoms with Crippen molar-refractivity contribution in [3.63, 3.8) is 0 Å². The van der Waals surface area contributed by atoms with Crippen molar-refractivity contribution in [2.75, 3.05) is 33.4 Å². The van der Waals surface area contributed by atoms with E-state index in [4.69, 9.17) is 27.9 Å². The number of ether oxygens (including phenoxy) is 1. The third-order valence-electron chi connectivity index (χ3n) is 3.59. The first-order chi connectivity index (χ1) is 10.1. The molecule has 1 aromatic rings. The van der Waals surface area contributed by atoms with E-state index in [2.05, 4.69) is 10.6 Å². The van der Waals surface area contributed by atoms with Crippen molar-refractivity contribution in [1.29, 1.82) is 0 Å². The Morgan fingerprint density at radius 2 is 2.14 bits per heavy atom. The minimum atomic E-state index is 0.0138. The van der Waals surface area contributed by atoms with Gasteiger partial charge in [0.2, 0.25) is 5.91 Å². The van der Waals surface area contributed by atoms with E-state index in [0.29, 0.717) is 23.2 Å². The highest BCUT2D eigenvalue weighted by molar-refractivity contribution is 6.42. The number of carbonyl (C=O) groups is 1. The van der Waals surface area contributed by atoms with Crippen LogP contribution >= 0.6 is 23.2 Å². The largest absolute Gasteiger partial charge is 0.383 e. The second-order valence-electron chi connectivity index (χ2n) is 5.13. The number of amides is 1. The van der Waals surface area contributed by atoms with Crippen LogP contribution in [0.4, 0.5) is 0 Å². The molecule has 1 saturated carbocycles. The first-order valence-electron chi connectivity index (χ1n) is 7.06. The number of hydrogen-bond donors (Lipinski definition) is 2. The van der Waals surface area contributed by atoms with Crippen LogP contribution in [-0.2, 0) is 9.53 Å². The van der Waals surface area contributed by atoms with Crippen molar-refractivity contribution in [2.24, 2.45) is 5.92 Å². The van der Waals surface area contributed by atoms with Gasteiger partial charge in [-0.1, -0.05) is 35.3 Å². The average Bonchev–Trinajstić information content (AvgIpc) is 3.26. The van der Waals surface area contributed by atoms with Gasteiger partial charge in [-0.05, 0) is 24.0 Å². The lowest BCUT2D eigenvalue weighted by Crippen LogP contribution is -2.34. The predicted molar refractivity (Wildman–Crippen MR) is 85.1 cm³/mol. The third kappa shape index (κ3) is 4.58. The molecule has 0 aliphatic heterocycles. The van der Waals surface area contributed by atoms with E-state index < -0.39 is 0 Å². The molecule has 2 N–H and O–H groups in total. The second-order valence-corrected chi connectivity index (χ2v) is 5.91. The van der Waals surface area contributed by atoms with Crippen LogP contribution in [0.15, 0.2) is 18.2 Å². The molecule has 1 fully saturated rings. The van der Waals surface area contributed by atoms with Crippen LogP contribution in [0.5, 0.6) is 0 Å². The Labute approximate surface area is 135 Å². The van der Waals surface area contributed by atoms with E-state index in [-0.39, 0.29) is 17.7 Å². The molecule has 0 radical (unpaired) electrons. The molecule has 0 heterocycles. The highest BCUT2D eigenvalue weighted by atomic mass is 35.5. The summed E-state index contributed by atoms with van der Waals surface area (Å²) in [4.78, 5) is 12.0. The van der Waals surface area contributed by atoms with Crippen LogP contribution in [0, 0.1) is 5.92 Å². The van der Waals surface area contributed by atoms with E-state index in [1.165, 1.54) is 0 Å². The lowest BCUT2D eigenvalue weighted by atomic mass is 10.1. The summed E-state index contributed by atoms with van der Waals surface area (Å²) in [6, 6.07) is 5.57. The van der Waals surface area contributed by atoms with Gasteiger partial charge in [-0.15, -0.1) is 0 Å². The first kappa shape index (κ1) is 16.6. The molecule has 6 heteroatoms. The molecular weight excluding hydrogens is 311 g/mol. The zero-order valence-corrected chi connectivity index (χ0v) is 13.5. The maximum atomic E-state index is 12.0. The maximum Gasteiger partial charge on any atom is 0.223 e. The molecule has 0 aromatic heterocycles. The van der Waals surface area contributed by atoms with E-state index >= 15 is 0 Å². The number of carbonyl (C=O) groups excluding carboxylic acids is 1. The predicted octanol–water partition coefficient (Wildman–Crippen LogP) is 2.45. The van der Waals surface area contributed by atoms with Crippen molar-refractivity contribution in [2.45, 2.75) is 12.3 Å². The van der Waals surface area contributed by atoms with Gasteiger partial charge in [-0.2, -0.15) is 0 Å². The van der Waals surface area contributed by atoms with Gasteiger partial charge >= 0.3 is 0 Å². The number of nitrogens with one attached hydrogen (secondary N) is 2. The lowest BCUT2D eigenvalue weighted by molar-refractivity contribution is -0.122. The fraction of sp³-hybridized carbons (Fsp3) is 0.533. The number of benzene rings is 1. The second kappa shape index (κ2) is 7.99. The van der Waals surface area contributed by atoms with Crippen LogP contribution in [0.25, 0.3) is 0 Å². The first-order valence-corrected chi connectivity index (χ1v) is 7.82. The van der Waals surface area contributed by atoms with Crippen molar-refractivity contribution in [3.8, 4) is 0 Å². The maximum absolute atomic E-state index is 12.0. The number of rotatable bonds is 8. The van der Waals surface area contributed by atoms with Gasteiger partial charge in [0.1, 0.15) is 0 Å². The molecule has 4 nitrogen and oxygen atoms in total. The number of methoxy groups -OCH3 is 1. The summed E-state index contributed by atoms with van der Waals surface area (Å²) in [5.41, 5.74) is 0.975. The Balaban J connectivity index is 1.73. The van der Waals surface area contributed by atoms with Gasteiger partial charge in [0, 0.05) is 32.7 Å². The third-order valence-corrected chi connectivity index (χ3v) is 4.43. The molecule has 0 saturated heterocycles.